The third-order valence-electron chi connectivity index (χ3n) is 5.88. The van der Waals surface area contributed by atoms with Crippen molar-refractivity contribution in [3.63, 3.8) is 0 Å². The van der Waals surface area contributed by atoms with E-state index in [4.69, 9.17) is 6.42 Å². The molecule has 0 radical (unpaired) electrons. The van der Waals surface area contributed by atoms with Crippen molar-refractivity contribution < 1.29 is 14.7 Å². The van der Waals surface area contributed by atoms with Crippen LogP contribution in [0.5, 0.6) is 0 Å². The van der Waals surface area contributed by atoms with E-state index in [9.17, 15) is 19.5 Å². The number of aliphatic carboxylic acids is 1. The first-order valence-corrected chi connectivity index (χ1v) is 11.3. The van der Waals surface area contributed by atoms with Crippen molar-refractivity contribution in [2.45, 2.75) is 32.0 Å². The summed E-state index contributed by atoms with van der Waals surface area (Å²) in [6.07, 6.45) is 5.29. The van der Waals surface area contributed by atoms with Gasteiger partial charge in [-0.15, -0.1) is 11.5 Å². The van der Waals surface area contributed by atoms with Gasteiger partial charge in [0.2, 0.25) is 0 Å². The van der Waals surface area contributed by atoms with E-state index >= 15 is 0 Å². The minimum Gasteiger partial charge on any atom is -0.481 e. The molecule has 0 spiro atoms. The maximum absolute atomic E-state index is 13.3. The molecule has 4 rings (SSSR count). The molecule has 12 heteroatoms. The van der Waals surface area contributed by atoms with Crippen molar-refractivity contribution in [3.05, 3.63) is 81.7 Å². The number of tetrazole rings is 1. The average Bonchev–Trinajstić information content (AvgIpc) is 3.42. The first kappa shape index (κ1) is 25.2. The first-order valence-electron chi connectivity index (χ1n) is 11.3. The monoisotopic (exact) mass is 500 g/mol. The number of hydrogen-bond acceptors (Lipinski definition) is 8. The summed E-state index contributed by atoms with van der Waals surface area (Å²) >= 11 is 0. The van der Waals surface area contributed by atoms with E-state index in [1.165, 1.54) is 0 Å². The van der Waals surface area contributed by atoms with Crippen LogP contribution < -0.4 is 10.9 Å². The molecule has 4 N–H and O–H groups in total. The molecular weight excluding hydrogens is 476 g/mol. The van der Waals surface area contributed by atoms with Crippen LogP contribution in [0.4, 0.5) is 0 Å². The second-order valence-corrected chi connectivity index (χ2v) is 8.39. The standard InChI is InChI=1S/C25H24N8O4/c1-3-13-33(15-17-9-10-20-19(14-17)23(37)27-16(2)26-20)25(12-11-21(34)35,24-29-31-32-30-24)28-22(36)18-7-5-4-6-8-18/h1,4-10,14H,11-13,15H2,2H3,(H,28,36)(H,34,35)(H,26,27,37)(H,29,30,31,32). The van der Waals surface area contributed by atoms with Crippen LogP contribution in [-0.2, 0) is 17.0 Å². The predicted octanol–water partition coefficient (Wildman–Crippen LogP) is 1.33. The average molecular weight is 501 g/mol. The van der Waals surface area contributed by atoms with Gasteiger partial charge in [-0.3, -0.25) is 19.3 Å². The highest BCUT2D eigenvalue weighted by atomic mass is 16.4. The molecule has 0 fully saturated rings. The third kappa shape index (κ3) is 5.52. The SMILES string of the molecule is C#CCN(Cc1ccc2nc(C)[nH]c(=O)c2c1)C(CCC(=O)O)(NC(=O)c1ccccc1)c1nnn[nH]1. The highest BCUT2D eigenvalue weighted by Crippen LogP contribution is 2.31. The van der Waals surface area contributed by atoms with Crippen molar-refractivity contribution in [1.82, 2.24) is 40.8 Å². The van der Waals surface area contributed by atoms with Crippen LogP contribution in [-0.4, -0.2) is 59.0 Å². The van der Waals surface area contributed by atoms with E-state index in [2.05, 4.69) is 41.8 Å². The molecular formula is C25H24N8O4. The molecule has 2 heterocycles. The van der Waals surface area contributed by atoms with Gasteiger partial charge in [0.15, 0.2) is 11.5 Å². The Morgan fingerprint density at radius 2 is 2.00 bits per heavy atom. The Hall–Kier alpha value is -4.89. The van der Waals surface area contributed by atoms with Gasteiger partial charge in [-0.05, 0) is 47.2 Å². The Labute approximate surface area is 211 Å². The second kappa shape index (κ2) is 10.8. The lowest BCUT2D eigenvalue weighted by atomic mass is 9.97. The molecule has 37 heavy (non-hydrogen) atoms. The van der Waals surface area contributed by atoms with E-state index in [1.54, 1.807) is 60.4 Å². The fourth-order valence-corrected chi connectivity index (χ4v) is 4.16. The fraction of sp³-hybridized carbons (Fsp3) is 0.240. The van der Waals surface area contributed by atoms with Gasteiger partial charge in [0, 0.05) is 24.9 Å². The predicted molar refractivity (Wildman–Crippen MR) is 133 cm³/mol. The fourth-order valence-electron chi connectivity index (χ4n) is 4.16. The number of benzene rings is 2. The Bertz CT molecular complexity index is 1510. The summed E-state index contributed by atoms with van der Waals surface area (Å²) in [5, 5.41) is 26.9. The molecule has 0 saturated heterocycles. The molecule has 2 aromatic carbocycles. The molecule has 1 amide bonds. The Kier molecular flexibility index (Phi) is 7.36. The molecule has 0 saturated carbocycles. The normalized spacial score (nSPS) is 12.7. The van der Waals surface area contributed by atoms with Gasteiger partial charge in [0.25, 0.3) is 11.5 Å². The number of nitrogens with zero attached hydrogens (tertiary/aromatic N) is 5. The molecule has 12 nitrogen and oxygen atoms in total. The largest absolute Gasteiger partial charge is 0.481 e. The summed E-state index contributed by atoms with van der Waals surface area (Å²) < 4.78 is 0. The Morgan fingerprint density at radius 1 is 1.22 bits per heavy atom. The molecule has 0 aliphatic carbocycles. The number of carbonyl (C=O) groups is 2. The molecule has 4 aromatic rings. The minimum atomic E-state index is -1.52. The van der Waals surface area contributed by atoms with Crippen LogP contribution >= 0.6 is 0 Å². The van der Waals surface area contributed by atoms with Crippen LogP contribution in [0.1, 0.15) is 40.4 Å². The molecule has 1 atom stereocenters. The molecule has 0 aliphatic heterocycles. The summed E-state index contributed by atoms with van der Waals surface area (Å²) in [4.78, 5) is 46.2. The summed E-state index contributed by atoms with van der Waals surface area (Å²) in [6, 6.07) is 13.7. The number of carboxylic acid groups (broad SMARTS) is 1. The Morgan fingerprint density at radius 3 is 2.68 bits per heavy atom. The second-order valence-electron chi connectivity index (χ2n) is 8.39. The van der Waals surface area contributed by atoms with Crippen LogP contribution in [0.25, 0.3) is 10.9 Å². The highest BCUT2D eigenvalue weighted by molar-refractivity contribution is 5.94. The van der Waals surface area contributed by atoms with Crippen molar-refractivity contribution in [3.8, 4) is 12.3 Å². The number of rotatable bonds is 10. The summed E-state index contributed by atoms with van der Waals surface area (Å²) in [6.45, 7) is 1.82. The lowest BCUT2D eigenvalue weighted by Gasteiger charge is -2.41. The topological polar surface area (TPSA) is 170 Å². The molecule has 0 bridgehead atoms. The van der Waals surface area contributed by atoms with Gasteiger partial charge < -0.3 is 15.4 Å². The van der Waals surface area contributed by atoms with E-state index in [0.717, 1.165) is 0 Å². The quantitative estimate of drug-likeness (QED) is 0.185. The number of carboxylic acids is 1. The zero-order valence-electron chi connectivity index (χ0n) is 19.9. The maximum atomic E-state index is 13.3. The number of aryl methyl sites for hydroxylation is 1. The van der Waals surface area contributed by atoms with Gasteiger partial charge in [-0.2, -0.15) is 0 Å². The Balaban J connectivity index is 1.81. The summed E-state index contributed by atoms with van der Waals surface area (Å²) in [5.74, 6) is 1.63. The van der Waals surface area contributed by atoms with Crippen LogP contribution in [0, 0.1) is 19.3 Å². The van der Waals surface area contributed by atoms with Crippen molar-refractivity contribution >= 4 is 22.8 Å². The summed E-state index contributed by atoms with van der Waals surface area (Å²) in [7, 11) is 0. The number of aromatic nitrogens is 6. The smallest absolute Gasteiger partial charge is 0.303 e. The van der Waals surface area contributed by atoms with E-state index in [-0.39, 0.29) is 37.3 Å². The van der Waals surface area contributed by atoms with Crippen LogP contribution in [0.3, 0.4) is 0 Å². The van der Waals surface area contributed by atoms with E-state index in [1.807, 2.05) is 0 Å². The van der Waals surface area contributed by atoms with E-state index in [0.29, 0.717) is 27.9 Å². The van der Waals surface area contributed by atoms with Crippen LogP contribution in [0.2, 0.25) is 0 Å². The number of hydrogen-bond donors (Lipinski definition) is 4. The lowest BCUT2D eigenvalue weighted by Crippen LogP contribution is -2.59. The number of nitrogens with one attached hydrogen (secondary N) is 3. The third-order valence-corrected chi connectivity index (χ3v) is 5.88. The first-order chi connectivity index (χ1) is 17.8. The lowest BCUT2D eigenvalue weighted by molar-refractivity contribution is -0.138. The van der Waals surface area contributed by atoms with Gasteiger partial charge in [-0.25, -0.2) is 10.1 Å². The minimum absolute atomic E-state index is 0.00404. The van der Waals surface area contributed by atoms with Gasteiger partial charge in [-0.1, -0.05) is 30.2 Å². The summed E-state index contributed by atoms with van der Waals surface area (Å²) in [5.41, 5.74) is -0.244. The van der Waals surface area contributed by atoms with E-state index < -0.39 is 17.5 Å². The maximum Gasteiger partial charge on any atom is 0.303 e. The number of carbonyl (C=O) groups excluding carboxylic acids is 1. The van der Waals surface area contributed by atoms with Crippen molar-refractivity contribution in [2.24, 2.45) is 0 Å². The number of aromatic amines is 2. The zero-order chi connectivity index (χ0) is 26.4. The molecule has 1 unspecified atom stereocenters. The molecule has 188 valence electrons. The van der Waals surface area contributed by atoms with Gasteiger partial charge in [0.05, 0.1) is 17.4 Å². The number of amides is 1. The number of terminal acetylenes is 1. The molecule has 0 aliphatic rings. The van der Waals surface area contributed by atoms with Gasteiger partial charge >= 0.3 is 5.97 Å². The van der Waals surface area contributed by atoms with Crippen molar-refractivity contribution in [2.75, 3.05) is 6.54 Å². The molecule has 2 aromatic heterocycles. The number of fused-ring (bicyclic) bond motifs is 1. The zero-order valence-corrected chi connectivity index (χ0v) is 19.9. The van der Waals surface area contributed by atoms with Gasteiger partial charge in [0.1, 0.15) is 5.82 Å². The number of H-pyrrole nitrogens is 2. The highest BCUT2D eigenvalue weighted by Gasteiger charge is 2.43. The van der Waals surface area contributed by atoms with Crippen LogP contribution in [0.15, 0.2) is 53.3 Å². The van der Waals surface area contributed by atoms with Crippen molar-refractivity contribution in [1.29, 1.82) is 0 Å².